The van der Waals surface area contributed by atoms with Crippen molar-refractivity contribution in [2.45, 2.75) is 0 Å². The van der Waals surface area contributed by atoms with Crippen LogP contribution in [0.25, 0.3) is 83.6 Å². The van der Waals surface area contributed by atoms with Crippen molar-refractivity contribution in [1.29, 1.82) is 0 Å². The standard InChI is InChI=1S/C51H33N5O/c1-4-16-34(17-5-1)36-20-14-23-38(32-36)55(37-21-8-3-9-22-37)39-30-31-42-47(33-39)57-46-29-15-26-43(48(42)46)50-52-49(35-18-6-2-7-19-35)53-51(54-50)56-44-27-12-10-24-40(44)41-25-11-13-28-45(41)56/h1-33H. The van der Waals surface area contributed by atoms with E-state index in [2.05, 4.69) is 155 Å². The zero-order chi connectivity index (χ0) is 37.7. The summed E-state index contributed by atoms with van der Waals surface area (Å²) in [6.07, 6.45) is 0. The van der Waals surface area contributed by atoms with Crippen LogP contribution in [0.1, 0.15) is 0 Å². The van der Waals surface area contributed by atoms with Crippen molar-refractivity contribution in [2.24, 2.45) is 0 Å². The largest absolute Gasteiger partial charge is 0.456 e. The Balaban J connectivity index is 1.10. The van der Waals surface area contributed by atoms with Crippen LogP contribution in [0.4, 0.5) is 17.1 Å². The van der Waals surface area contributed by atoms with Gasteiger partial charge in [-0.05, 0) is 65.7 Å². The number of hydrogen-bond donors (Lipinski definition) is 0. The molecule has 268 valence electrons. The molecule has 6 heteroatoms. The van der Waals surface area contributed by atoms with Gasteiger partial charge in [0.1, 0.15) is 11.2 Å². The van der Waals surface area contributed by atoms with Gasteiger partial charge < -0.3 is 9.32 Å². The number of furan rings is 1. The third-order valence-electron chi connectivity index (χ3n) is 10.6. The maximum absolute atomic E-state index is 6.70. The third kappa shape index (κ3) is 5.62. The molecule has 0 saturated carbocycles. The summed E-state index contributed by atoms with van der Waals surface area (Å²) < 4.78 is 8.85. The number of hydrogen-bond acceptors (Lipinski definition) is 5. The van der Waals surface area contributed by atoms with Crippen molar-refractivity contribution in [3.05, 3.63) is 200 Å². The van der Waals surface area contributed by atoms with E-state index in [9.17, 15) is 0 Å². The van der Waals surface area contributed by atoms with Gasteiger partial charge in [-0.15, -0.1) is 0 Å². The lowest BCUT2D eigenvalue weighted by atomic mass is 10.0. The van der Waals surface area contributed by atoms with Gasteiger partial charge in [0, 0.05) is 55.8 Å². The Morgan fingerprint density at radius 2 is 0.965 bits per heavy atom. The Morgan fingerprint density at radius 1 is 0.386 bits per heavy atom. The molecule has 11 rings (SSSR count). The first-order chi connectivity index (χ1) is 28.3. The second-order valence-corrected chi connectivity index (χ2v) is 14.1. The lowest BCUT2D eigenvalue weighted by Crippen LogP contribution is -2.09. The number of benzene rings is 8. The van der Waals surface area contributed by atoms with Crippen LogP contribution >= 0.6 is 0 Å². The fraction of sp³-hybridized carbons (Fsp3) is 0. The first-order valence-electron chi connectivity index (χ1n) is 19.0. The molecule has 0 aliphatic heterocycles. The molecular weight excluding hydrogens is 699 g/mol. The minimum Gasteiger partial charge on any atom is -0.456 e. The first-order valence-corrected chi connectivity index (χ1v) is 19.0. The lowest BCUT2D eigenvalue weighted by Gasteiger charge is -2.26. The second kappa shape index (κ2) is 13.5. The molecule has 0 bridgehead atoms. The van der Waals surface area contributed by atoms with Gasteiger partial charge in [-0.25, -0.2) is 4.98 Å². The summed E-state index contributed by atoms with van der Waals surface area (Å²) in [7, 11) is 0. The number of fused-ring (bicyclic) bond motifs is 6. The topological polar surface area (TPSA) is 60.0 Å². The summed E-state index contributed by atoms with van der Waals surface area (Å²) in [5.41, 5.74) is 10.8. The quantitative estimate of drug-likeness (QED) is 0.163. The summed E-state index contributed by atoms with van der Waals surface area (Å²) in [5.74, 6) is 1.72. The van der Waals surface area contributed by atoms with Crippen LogP contribution in [0, 0.1) is 0 Å². The summed E-state index contributed by atoms with van der Waals surface area (Å²) in [6, 6.07) is 69.1. The molecular formula is C51H33N5O. The van der Waals surface area contributed by atoms with Gasteiger partial charge in [0.25, 0.3) is 0 Å². The zero-order valence-corrected chi connectivity index (χ0v) is 30.7. The Bertz CT molecular complexity index is 3190. The molecule has 6 nitrogen and oxygen atoms in total. The maximum Gasteiger partial charge on any atom is 0.238 e. The van der Waals surface area contributed by atoms with E-state index >= 15 is 0 Å². The van der Waals surface area contributed by atoms with E-state index < -0.39 is 0 Å². The van der Waals surface area contributed by atoms with Crippen LogP contribution in [-0.2, 0) is 0 Å². The van der Waals surface area contributed by atoms with Gasteiger partial charge >= 0.3 is 0 Å². The Hall–Kier alpha value is -7.83. The van der Waals surface area contributed by atoms with Crippen LogP contribution in [-0.4, -0.2) is 19.5 Å². The fourth-order valence-corrected chi connectivity index (χ4v) is 8.06. The van der Waals surface area contributed by atoms with Crippen LogP contribution in [0.3, 0.4) is 0 Å². The number of aromatic nitrogens is 4. The highest BCUT2D eigenvalue weighted by molar-refractivity contribution is 6.13. The van der Waals surface area contributed by atoms with Crippen LogP contribution < -0.4 is 4.90 Å². The normalized spacial score (nSPS) is 11.5. The molecule has 3 heterocycles. The SMILES string of the molecule is c1ccc(-c2cccc(N(c3ccccc3)c3ccc4c(c3)oc3cccc(-c5nc(-c6ccccc6)nc(-n6c7ccccc7c7ccccc76)n5)c34)c2)cc1. The van der Waals surface area contributed by atoms with Crippen LogP contribution in [0.2, 0.25) is 0 Å². The minimum absolute atomic E-state index is 0.555. The predicted octanol–water partition coefficient (Wildman–Crippen LogP) is 13.3. The molecule has 0 spiro atoms. The van der Waals surface area contributed by atoms with Crippen molar-refractivity contribution in [1.82, 2.24) is 19.5 Å². The fourth-order valence-electron chi connectivity index (χ4n) is 8.06. The highest BCUT2D eigenvalue weighted by Crippen LogP contribution is 2.42. The molecule has 57 heavy (non-hydrogen) atoms. The molecule has 0 atom stereocenters. The molecule has 0 radical (unpaired) electrons. The molecule has 3 aromatic heterocycles. The number of para-hydroxylation sites is 3. The Morgan fingerprint density at radius 3 is 1.70 bits per heavy atom. The highest BCUT2D eigenvalue weighted by Gasteiger charge is 2.21. The molecule has 0 fully saturated rings. The second-order valence-electron chi connectivity index (χ2n) is 14.1. The third-order valence-corrected chi connectivity index (χ3v) is 10.6. The molecule has 0 aliphatic rings. The molecule has 11 aromatic rings. The number of rotatable bonds is 7. The summed E-state index contributed by atoms with van der Waals surface area (Å²) in [6.45, 7) is 0. The van der Waals surface area contributed by atoms with Crippen molar-refractivity contribution < 1.29 is 4.42 Å². The van der Waals surface area contributed by atoms with Crippen LogP contribution in [0.15, 0.2) is 205 Å². The van der Waals surface area contributed by atoms with Gasteiger partial charge in [0.15, 0.2) is 11.6 Å². The van der Waals surface area contributed by atoms with Gasteiger partial charge in [0.2, 0.25) is 5.95 Å². The van der Waals surface area contributed by atoms with E-state index in [1.165, 1.54) is 5.56 Å². The van der Waals surface area contributed by atoms with Gasteiger partial charge in [-0.1, -0.05) is 140 Å². The van der Waals surface area contributed by atoms with Crippen molar-refractivity contribution in [3.8, 4) is 39.9 Å². The Labute approximate surface area is 328 Å². The van der Waals surface area contributed by atoms with E-state index in [0.717, 1.165) is 77.5 Å². The lowest BCUT2D eigenvalue weighted by molar-refractivity contribution is 0.669. The van der Waals surface area contributed by atoms with Crippen molar-refractivity contribution in [2.75, 3.05) is 4.90 Å². The smallest absolute Gasteiger partial charge is 0.238 e. The molecule has 8 aromatic carbocycles. The van der Waals surface area contributed by atoms with Gasteiger partial charge in [-0.3, -0.25) is 4.57 Å². The average molecular weight is 732 g/mol. The molecule has 0 aliphatic carbocycles. The first kappa shape index (κ1) is 32.6. The molecule has 0 amide bonds. The van der Waals surface area contributed by atoms with Crippen LogP contribution in [0.5, 0.6) is 0 Å². The van der Waals surface area contributed by atoms with E-state index in [1.54, 1.807) is 0 Å². The number of nitrogens with zero attached hydrogens (tertiary/aromatic N) is 5. The molecule has 0 unspecified atom stereocenters. The van der Waals surface area contributed by atoms with E-state index in [-0.39, 0.29) is 0 Å². The van der Waals surface area contributed by atoms with Crippen molar-refractivity contribution in [3.63, 3.8) is 0 Å². The maximum atomic E-state index is 6.70. The minimum atomic E-state index is 0.555. The van der Waals surface area contributed by atoms with Gasteiger partial charge in [-0.2, -0.15) is 9.97 Å². The van der Waals surface area contributed by atoms with Crippen molar-refractivity contribution >= 4 is 60.8 Å². The van der Waals surface area contributed by atoms with Gasteiger partial charge in [0.05, 0.1) is 11.0 Å². The monoisotopic (exact) mass is 731 g/mol. The highest BCUT2D eigenvalue weighted by atomic mass is 16.3. The van der Waals surface area contributed by atoms with E-state index in [1.807, 2.05) is 54.6 Å². The molecule has 0 saturated heterocycles. The Kier molecular flexibility index (Phi) is 7.71. The summed E-state index contributed by atoms with van der Waals surface area (Å²) in [5, 5.41) is 4.23. The summed E-state index contributed by atoms with van der Waals surface area (Å²) >= 11 is 0. The number of anilines is 3. The average Bonchev–Trinajstić information content (AvgIpc) is 3.83. The predicted molar refractivity (Wildman–Crippen MR) is 232 cm³/mol. The zero-order valence-electron chi connectivity index (χ0n) is 30.7. The van der Waals surface area contributed by atoms with E-state index in [0.29, 0.717) is 17.6 Å². The molecule has 0 N–H and O–H groups in total. The summed E-state index contributed by atoms with van der Waals surface area (Å²) in [4.78, 5) is 17.8. The van der Waals surface area contributed by atoms with E-state index in [4.69, 9.17) is 19.4 Å².